The Morgan fingerprint density at radius 2 is 1.79 bits per heavy atom. The van der Waals surface area contributed by atoms with Crippen molar-refractivity contribution in [3.63, 3.8) is 0 Å². The number of esters is 1. The zero-order chi connectivity index (χ0) is 24.1. The van der Waals surface area contributed by atoms with Gasteiger partial charge in [0.1, 0.15) is 18.5 Å². The van der Waals surface area contributed by atoms with Crippen molar-refractivity contribution in [2.45, 2.75) is 77.9 Å². The van der Waals surface area contributed by atoms with Crippen LogP contribution >= 0.6 is 0 Å². The van der Waals surface area contributed by atoms with E-state index in [-0.39, 0.29) is 29.5 Å². The third-order valence-electron chi connectivity index (χ3n) is 9.57. The molecule has 0 N–H and O–H groups in total. The molecule has 4 aliphatic carbocycles. The van der Waals surface area contributed by atoms with Crippen LogP contribution in [0.5, 0.6) is 0 Å². The fraction of sp³-hybridized carbons (Fsp3) is 0.630. The monoisotopic (exact) mass is 467 g/mol. The van der Waals surface area contributed by atoms with Gasteiger partial charge < -0.3 is 9.57 Å². The maximum absolute atomic E-state index is 12.7. The molecule has 7 nitrogen and oxygen atoms in total. The lowest BCUT2D eigenvalue weighted by Gasteiger charge is -2.56. The number of ketones is 1. The Bertz CT molecular complexity index is 1030. The Morgan fingerprint density at radius 1 is 1.09 bits per heavy atom. The van der Waals surface area contributed by atoms with Crippen LogP contribution in [0.1, 0.15) is 81.1 Å². The summed E-state index contributed by atoms with van der Waals surface area (Å²) in [6.45, 7) is 4.47. The Labute approximate surface area is 200 Å². The van der Waals surface area contributed by atoms with Crippen LogP contribution in [0.15, 0.2) is 35.9 Å². The first-order valence-corrected chi connectivity index (χ1v) is 12.5. The lowest BCUT2D eigenvalue weighted by Crippen LogP contribution is -2.50. The molecule has 34 heavy (non-hydrogen) atoms. The molecule has 182 valence electrons. The quantitative estimate of drug-likeness (QED) is 0.247. The summed E-state index contributed by atoms with van der Waals surface area (Å²) >= 11 is 0. The highest BCUT2D eigenvalue weighted by molar-refractivity contribution is 5.89. The van der Waals surface area contributed by atoms with E-state index in [1.807, 2.05) is 0 Å². The van der Waals surface area contributed by atoms with E-state index in [9.17, 15) is 19.7 Å². The average molecular weight is 468 g/mol. The Balaban J connectivity index is 1.24. The van der Waals surface area contributed by atoms with E-state index in [1.54, 1.807) is 24.3 Å². The van der Waals surface area contributed by atoms with E-state index in [2.05, 4.69) is 24.8 Å². The van der Waals surface area contributed by atoms with Gasteiger partial charge in [-0.3, -0.25) is 4.79 Å². The molecule has 4 aliphatic rings. The van der Waals surface area contributed by atoms with Crippen LogP contribution < -0.4 is 0 Å². The number of allylic oxidation sites excluding steroid dienone is 1. The van der Waals surface area contributed by atoms with E-state index >= 15 is 0 Å². The molecule has 0 spiro atoms. The van der Waals surface area contributed by atoms with Crippen LogP contribution in [-0.4, -0.2) is 22.9 Å². The van der Waals surface area contributed by atoms with E-state index in [4.69, 9.17) is 4.74 Å². The van der Waals surface area contributed by atoms with Crippen molar-refractivity contribution in [3.05, 3.63) is 57.2 Å². The zero-order valence-corrected chi connectivity index (χ0v) is 20.0. The van der Waals surface area contributed by atoms with Crippen molar-refractivity contribution in [1.29, 1.82) is 0 Å². The van der Waals surface area contributed by atoms with Crippen molar-refractivity contribution >= 4 is 11.8 Å². The number of fused-ring (bicyclic) bond motifs is 5. The highest BCUT2D eigenvalue weighted by atomic mass is 16.9. The van der Waals surface area contributed by atoms with E-state index < -0.39 is 5.09 Å². The first-order valence-electron chi connectivity index (χ1n) is 12.5. The number of carbonyl (C=O) groups excluding carboxylic acids is 2. The van der Waals surface area contributed by atoms with Gasteiger partial charge in [0.05, 0.1) is 5.56 Å². The third-order valence-corrected chi connectivity index (χ3v) is 9.57. The maximum atomic E-state index is 12.7. The van der Waals surface area contributed by atoms with Gasteiger partial charge in [-0.25, -0.2) is 4.79 Å². The average Bonchev–Trinajstić information content (AvgIpc) is 3.12. The van der Waals surface area contributed by atoms with E-state index in [1.165, 1.54) is 5.57 Å². The smallest absolute Gasteiger partial charge is 0.338 e. The second-order valence-electron chi connectivity index (χ2n) is 11.1. The molecule has 3 saturated carbocycles. The van der Waals surface area contributed by atoms with Crippen LogP contribution in [0.25, 0.3) is 0 Å². The van der Waals surface area contributed by atoms with Crippen molar-refractivity contribution in [3.8, 4) is 0 Å². The van der Waals surface area contributed by atoms with E-state index in [0.29, 0.717) is 34.7 Å². The molecule has 5 rings (SSSR count). The molecule has 7 heteroatoms. The molecule has 0 unspecified atom stereocenters. The Morgan fingerprint density at radius 3 is 2.53 bits per heavy atom. The van der Waals surface area contributed by atoms with Gasteiger partial charge >= 0.3 is 5.97 Å². The standard InChI is InChI=1S/C27H33NO6/c1-26-13-11-20(34-25(30)18-5-3-17(4-6-18)16-33-28(31)32)15-19(26)7-8-21-22-9-10-24(29)27(22,2)14-12-23(21)26/h3-7,20-23H,8-16H2,1-2H3/t20-,21-,22-,23-,26-,27-/m0/s1. The number of carbonyl (C=O) groups is 2. The van der Waals surface area contributed by atoms with Crippen LogP contribution in [0.2, 0.25) is 0 Å². The second kappa shape index (κ2) is 8.51. The molecule has 0 amide bonds. The minimum Gasteiger partial charge on any atom is -0.458 e. The van der Waals surface area contributed by atoms with Crippen LogP contribution in [0, 0.1) is 38.7 Å². The van der Waals surface area contributed by atoms with Gasteiger partial charge in [0.2, 0.25) is 0 Å². The number of hydrogen-bond donors (Lipinski definition) is 0. The van der Waals surface area contributed by atoms with Gasteiger partial charge in [-0.2, -0.15) is 0 Å². The Hall–Kier alpha value is -2.70. The first kappa shape index (κ1) is 23.1. The molecular weight excluding hydrogens is 434 g/mol. The lowest BCUT2D eigenvalue weighted by atomic mass is 9.48. The molecule has 0 radical (unpaired) electrons. The minimum absolute atomic E-state index is 0.110. The summed E-state index contributed by atoms with van der Waals surface area (Å²) in [6, 6.07) is 6.54. The highest BCUT2D eigenvalue weighted by Gasteiger charge is 2.58. The van der Waals surface area contributed by atoms with Gasteiger partial charge in [-0.15, -0.1) is 10.1 Å². The summed E-state index contributed by atoms with van der Waals surface area (Å²) in [5.74, 6) is 1.84. The predicted octanol–water partition coefficient (Wildman–Crippen LogP) is 5.45. The summed E-state index contributed by atoms with van der Waals surface area (Å²) in [5, 5.41) is 9.50. The van der Waals surface area contributed by atoms with Gasteiger partial charge in [-0.1, -0.05) is 37.6 Å². The maximum Gasteiger partial charge on any atom is 0.338 e. The van der Waals surface area contributed by atoms with Crippen molar-refractivity contribution in [2.75, 3.05) is 0 Å². The summed E-state index contributed by atoms with van der Waals surface area (Å²) in [5.41, 5.74) is 2.51. The van der Waals surface area contributed by atoms with Crippen LogP contribution in [0.4, 0.5) is 0 Å². The molecular formula is C27H33NO6. The first-order chi connectivity index (χ1) is 16.2. The summed E-state index contributed by atoms with van der Waals surface area (Å²) in [6.07, 6.45) is 9.87. The van der Waals surface area contributed by atoms with Gasteiger partial charge in [0.25, 0.3) is 5.09 Å². The van der Waals surface area contributed by atoms with Gasteiger partial charge in [0, 0.05) is 18.3 Å². The number of nitrogens with zero attached hydrogens (tertiary/aromatic N) is 1. The largest absolute Gasteiger partial charge is 0.458 e. The molecule has 0 aliphatic heterocycles. The number of rotatable bonds is 5. The van der Waals surface area contributed by atoms with Crippen molar-refractivity contribution in [1.82, 2.24) is 0 Å². The second-order valence-corrected chi connectivity index (χ2v) is 11.1. The number of benzene rings is 1. The molecule has 0 bridgehead atoms. The van der Waals surface area contributed by atoms with Gasteiger partial charge in [0.15, 0.2) is 0 Å². The summed E-state index contributed by atoms with van der Waals surface area (Å²) in [7, 11) is 0. The molecule has 1 aromatic rings. The number of hydrogen-bond acceptors (Lipinski definition) is 6. The molecule has 0 heterocycles. The highest BCUT2D eigenvalue weighted by Crippen LogP contribution is 2.64. The number of ether oxygens (including phenoxy) is 1. The number of Topliss-reactive ketones (excluding diaryl/α,β-unsaturated/α-hetero) is 1. The fourth-order valence-corrected chi connectivity index (χ4v) is 7.58. The molecule has 0 saturated heterocycles. The van der Waals surface area contributed by atoms with Crippen LogP contribution in [0.3, 0.4) is 0 Å². The van der Waals surface area contributed by atoms with Crippen molar-refractivity contribution in [2.24, 2.45) is 28.6 Å². The topological polar surface area (TPSA) is 95.7 Å². The molecule has 1 aromatic carbocycles. The Kier molecular flexibility index (Phi) is 5.77. The summed E-state index contributed by atoms with van der Waals surface area (Å²) < 4.78 is 5.88. The molecule has 6 atom stereocenters. The third kappa shape index (κ3) is 3.83. The van der Waals surface area contributed by atoms with Crippen molar-refractivity contribution < 1.29 is 24.3 Å². The zero-order valence-electron chi connectivity index (χ0n) is 20.0. The normalized spacial score (nSPS) is 36.5. The van der Waals surface area contributed by atoms with E-state index in [0.717, 1.165) is 51.4 Å². The van der Waals surface area contributed by atoms with Gasteiger partial charge in [-0.05, 0) is 79.4 Å². The lowest BCUT2D eigenvalue weighted by molar-refractivity contribution is -0.763. The molecule has 3 fully saturated rings. The SMILES string of the molecule is C[C@]12CC[C@H](OC(=O)c3ccc(CO[N+](=O)[O-])cc3)CC1=CC[C@@H]1[C@@H]2CC[C@]2(C)C(=O)CC[C@@H]12. The predicted molar refractivity (Wildman–Crippen MR) is 124 cm³/mol. The molecule has 0 aromatic heterocycles. The van der Waals surface area contributed by atoms with Crippen LogP contribution in [-0.2, 0) is 21.0 Å². The fourth-order valence-electron chi connectivity index (χ4n) is 7.58. The summed E-state index contributed by atoms with van der Waals surface area (Å²) in [4.78, 5) is 40.0. The minimum atomic E-state index is -0.833.